The molecule has 6 rings (SSSR count). The molecular formula is C38H53F3N4O5. The molecule has 4 aliphatic heterocycles. The molecule has 1 unspecified atom stereocenters. The number of amides is 2. The number of allylic oxidation sites excluding steroid dienone is 3. The van der Waals surface area contributed by atoms with E-state index in [4.69, 9.17) is 14.2 Å². The van der Waals surface area contributed by atoms with Crippen LogP contribution in [0.5, 0.6) is 5.75 Å². The van der Waals surface area contributed by atoms with Crippen LogP contribution in [-0.4, -0.2) is 131 Å². The van der Waals surface area contributed by atoms with Crippen molar-refractivity contribution >= 4 is 11.8 Å². The number of alkyl halides is 3. The summed E-state index contributed by atoms with van der Waals surface area (Å²) in [6, 6.07) is 8.40. The standard InChI is InChI=1S/C38H53F3N4O5/c1-42(2)36(46)26-11-15-43(16-12-26)35-19-28(38(39,40)41)7-10-31(35)33-22-45(20-27(33)24-48-3)37(47)34-23-44(29-13-17-50-18-14-29)21-32(34)25-5-8-30(49-4)9-6-25/h5-6,8-10,19,26-29,32-34H,7,11-18,20-24H2,1-4H3/t27-,28?,32+,33+,34-/m1/s1. The number of piperidine rings is 1. The van der Waals surface area contributed by atoms with E-state index in [0.717, 1.165) is 49.5 Å². The molecule has 4 heterocycles. The van der Waals surface area contributed by atoms with Gasteiger partial charge in [0.2, 0.25) is 11.8 Å². The maximum atomic E-state index is 14.7. The molecular weight excluding hydrogens is 649 g/mol. The Hall–Kier alpha value is -3.09. The van der Waals surface area contributed by atoms with Crippen LogP contribution in [0.1, 0.15) is 43.6 Å². The van der Waals surface area contributed by atoms with Gasteiger partial charge in [0.15, 0.2) is 0 Å². The summed E-state index contributed by atoms with van der Waals surface area (Å²) in [5.41, 5.74) is 2.59. The zero-order chi connectivity index (χ0) is 35.6. The molecule has 12 heteroatoms. The van der Waals surface area contributed by atoms with Gasteiger partial charge < -0.3 is 28.9 Å². The zero-order valence-corrected chi connectivity index (χ0v) is 29.9. The largest absolute Gasteiger partial charge is 0.497 e. The van der Waals surface area contributed by atoms with Crippen LogP contribution >= 0.6 is 0 Å². The van der Waals surface area contributed by atoms with Gasteiger partial charge in [-0.3, -0.25) is 14.5 Å². The number of carbonyl (C=O) groups excluding carboxylic acids is 2. The summed E-state index contributed by atoms with van der Waals surface area (Å²) in [6.07, 6.45) is 1.77. The SMILES string of the molecule is COC[C@H]1CN(C(=O)[C@@H]2CN(C3CCOCC3)C[C@H]2c2ccc(OC)cc2)C[C@@H]1C1=CCC(C(F)(F)F)C=C1N1CCC(C(=O)N(C)C)CC1. The molecule has 1 aromatic rings. The molecule has 2 amide bonds. The van der Waals surface area contributed by atoms with Crippen molar-refractivity contribution in [1.82, 2.24) is 19.6 Å². The van der Waals surface area contributed by atoms with Crippen molar-refractivity contribution in [2.75, 3.05) is 87.4 Å². The van der Waals surface area contributed by atoms with Crippen molar-refractivity contribution in [3.63, 3.8) is 0 Å². The number of carbonyl (C=O) groups is 2. The highest BCUT2D eigenvalue weighted by Crippen LogP contribution is 2.44. The van der Waals surface area contributed by atoms with Crippen molar-refractivity contribution in [2.45, 2.75) is 50.2 Å². The van der Waals surface area contributed by atoms with Crippen molar-refractivity contribution in [3.8, 4) is 5.75 Å². The van der Waals surface area contributed by atoms with Gasteiger partial charge in [0.1, 0.15) is 5.75 Å². The van der Waals surface area contributed by atoms with Crippen molar-refractivity contribution in [1.29, 1.82) is 0 Å². The number of likely N-dealkylation sites (tertiary alicyclic amines) is 3. The Morgan fingerprint density at radius 1 is 0.940 bits per heavy atom. The van der Waals surface area contributed by atoms with E-state index < -0.39 is 12.1 Å². The second kappa shape index (κ2) is 15.7. The highest BCUT2D eigenvalue weighted by atomic mass is 19.4. The van der Waals surface area contributed by atoms with E-state index in [-0.39, 0.29) is 47.8 Å². The number of hydrogen-bond acceptors (Lipinski definition) is 7. The molecule has 4 fully saturated rings. The number of methoxy groups -OCH3 is 2. The van der Waals surface area contributed by atoms with E-state index in [2.05, 4.69) is 17.0 Å². The average Bonchev–Trinajstić information content (AvgIpc) is 3.76. The van der Waals surface area contributed by atoms with Crippen LogP contribution in [-0.2, 0) is 19.1 Å². The maximum Gasteiger partial charge on any atom is 0.395 e. The Morgan fingerprint density at radius 3 is 2.26 bits per heavy atom. The van der Waals surface area contributed by atoms with E-state index in [0.29, 0.717) is 63.9 Å². The Labute approximate surface area is 294 Å². The monoisotopic (exact) mass is 702 g/mol. The van der Waals surface area contributed by atoms with Crippen LogP contribution in [0.2, 0.25) is 0 Å². The van der Waals surface area contributed by atoms with Crippen molar-refractivity contribution in [2.24, 2.45) is 29.6 Å². The molecule has 276 valence electrons. The van der Waals surface area contributed by atoms with E-state index >= 15 is 0 Å². The first-order chi connectivity index (χ1) is 24.0. The highest BCUT2D eigenvalue weighted by Gasteiger charge is 2.48. The van der Waals surface area contributed by atoms with Gasteiger partial charge in [0, 0.05) is 109 Å². The predicted octanol–water partition coefficient (Wildman–Crippen LogP) is 4.80. The summed E-state index contributed by atoms with van der Waals surface area (Å²) in [4.78, 5) is 35.4. The molecule has 0 N–H and O–H groups in total. The third-order valence-electron chi connectivity index (χ3n) is 11.7. The summed E-state index contributed by atoms with van der Waals surface area (Å²) in [5, 5.41) is 0. The van der Waals surface area contributed by atoms with Gasteiger partial charge in [-0.25, -0.2) is 0 Å². The first-order valence-electron chi connectivity index (χ1n) is 18.2. The minimum absolute atomic E-state index is 0.0132. The first kappa shape index (κ1) is 36.7. The molecule has 50 heavy (non-hydrogen) atoms. The van der Waals surface area contributed by atoms with E-state index in [9.17, 15) is 22.8 Å². The quantitative estimate of drug-likeness (QED) is 0.366. The third kappa shape index (κ3) is 7.87. The fraction of sp³-hybridized carbons (Fsp3) is 0.684. The van der Waals surface area contributed by atoms with Crippen LogP contribution in [0.25, 0.3) is 0 Å². The smallest absolute Gasteiger partial charge is 0.395 e. The second-order valence-electron chi connectivity index (χ2n) is 14.9. The van der Waals surface area contributed by atoms with Crippen molar-refractivity contribution in [3.05, 3.63) is 53.3 Å². The molecule has 0 bridgehead atoms. The highest BCUT2D eigenvalue weighted by molar-refractivity contribution is 5.81. The summed E-state index contributed by atoms with van der Waals surface area (Å²) in [5.74, 6) is -1.22. The molecule has 9 nitrogen and oxygen atoms in total. The lowest BCUT2D eigenvalue weighted by atomic mass is 9.80. The predicted molar refractivity (Wildman–Crippen MR) is 183 cm³/mol. The van der Waals surface area contributed by atoms with Gasteiger partial charge in [-0.05, 0) is 61.4 Å². The Kier molecular flexibility index (Phi) is 11.5. The molecule has 5 atom stereocenters. The minimum Gasteiger partial charge on any atom is -0.497 e. The second-order valence-corrected chi connectivity index (χ2v) is 14.9. The molecule has 4 saturated heterocycles. The summed E-state index contributed by atoms with van der Waals surface area (Å²) < 4.78 is 59.1. The van der Waals surface area contributed by atoms with Crippen LogP contribution in [0.4, 0.5) is 13.2 Å². The molecule has 1 aliphatic carbocycles. The lowest BCUT2D eigenvalue weighted by Crippen LogP contribution is -2.42. The molecule has 0 spiro atoms. The third-order valence-corrected chi connectivity index (χ3v) is 11.7. The molecule has 1 aromatic carbocycles. The molecule has 0 radical (unpaired) electrons. The van der Waals surface area contributed by atoms with Gasteiger partial charge in [-0.1, -0.05) is 18.2 Å². The van der Waals surface area contributed by atoms with Gasteiger partial charge in [-0.2, -0.15) is 13.2 Å². The van der Waals surface area contributed by atoms with Crippen LogP contribution in [0.15, 0.2) is 47.7 Å². The lowest BCUT2D eigenvalue weighted by molar-refractivity contribution is -0.160. The van der Waals surface area contributed by atoms with Gasteiger partial charge in [-0.15, -0.1) is 0 Å². The van der Waals surface area contributed by atoms with Crippen LogP contribution in [0.3, 0.4) is 0 Å². The lowest BCUT2D eigenvalue weighted by Gasteiger charge is -2.40. The van der Waals surface area contributed by atoms with Gasteiger partial charge in [0.25, 0.3) is 0 Å². The maximum absolute atomic E-state index is 14.7. The van der Waals surface area contributed by atoms with E-state index in [1.165, 1.54) is 6.08 Å². The fourth-order valence-corrected chi connectivity index (χ4v) is 8.95. The number of hydrogen-bond donors (Lipinski definition) is 0. The van der Waals surface area contributed by atoms with Gasteiger partial charge in [0.05, 0.1) is 25.6 Å². The number of ether oxygens (including phenoxy) is 3. The normalized spacial score (nSPS) is 28.8. The summed E-state index contributed by atoms with van der Waals surface area (Å²) in [6.45, 7) is 5.26. The minimum atomic E-state index is -4.36. The van der Waals surface area contributed by atoms with Gasteiger partial charge >= 0.3 is 6.18 Å². The number of rotatable bonds is 9. The molecule has 0 aromatic heterocycles. The van der Waals surface area contributed by atoms with Crippen LogP contribution < -0.4 is 4.74 Å². The average molecular weight is 703 g/mol. The first-order valence-corrected chi connectivity index (χ1v) is 18.2. The van der Waals surface area contributed by atoms with E-state index in [1.54, 1.807) is 39.3 Å². The molecule has 0 saturated carbocycles. The Morgan fingerprint density at radius 2 is 1.64 bits per heavy atom. The number of halogens is 3. The topological polar surface area (TPSA) is 74.8 Å². The fourth-order valence-electron chi connectivity index (χ4n) is 8.95. The summed E-state index contributed by atoms with van der Waals surface area (Å²) >= 11 is 0. The van der Waals surface area contributed by atoms with Crippen LogP contribution in [0, 0.1) is 29.6 Å². The van der Waals surface area contributed by atoms with E-state index in [1.807, 2.05) is 21.9 Å². The molecule has 5 aliphatic rings. The van der Waals surface area contributed by atoms with Crippen molar-refractivity contribution < 1.29 is 37.0 Å². The Bertz CT molecular complexity index is 1400. The zero-order valence-electron chi connectivity index (χ0n) is 29.9. The Balaban J connectivity index is 1.24. The summed E-state index contributed by atoms with van der Waals surface area (Å²) in [7, 11) is 6.76. The number of benzene rings is 1. The number of nitrogens with zero attached hydrogens (tertiary/aromatic N) is 4.